The molecule has 0 amide bonds. The molecule has 2 rings (SSSR count). The number of thiazole rings is 1. The molecule has 1 aromatic heterocycles. The zero-order valence-electron chi connectivity index (χ0n) is 9.28. The molecule has 0 aliphatic rings. The summed E-state index contributed by atoms with van der Waals surface area (Å²) >= 11 is 7.67. The van der Waals surface area contributed by atoms with E-state index in [-0.39, 0.29) is 0 Å². The van der Waals surface area contributed by atoms with Gasteiger partial charge in [-0.15, -0.1) is 11.3 Å². The molecule has 0 aliphatic heterocycles. The Morgan fingerprint density at radius 1 is 1.53 bits per heavy atom. The highest BCUT2D eigenvalue weighted by Gasteiger charge is 2.14. The van der Waals surface area contributed by atoms with Crippen molar-refractivity contribution in [3.63, 3.8) is 0 Å². The van der Waals surface area contributed by atoms with Crippen molar-refractivity contribution in [3.8, 4) is 0 Å². The molecule has 5 heteroatoms. The molecule has 1 unspecified atom stereocenters. The van der Waals surface area contributed by atoms with Gasteiger partial charge in [-0.05, 0) is 53.4 Å². The van der Waals surface area contributed by atoms with Crippen LogP contribution >= 0.6 is 49.9 Å². The molecule has 90 valence electrons. The van der Waals surface area contributed by atoms with Gasteiger partial charge in [0.05, 0.1) is 5.51 Å². The third kappa shape index (κ3) is 3.49. The lowest BCUT2D eigenvalue weighted by Gasteiger charge is -2.17. The normalized spacial score (nSPS) is 12.6. The van der Waals surface area contributed by atoms with Crippen molar-refractivity contribution in [2.24, 2.45) is 0 Å². The summed E-state index contributed by atoms with van der Waals surface area (Å²) in [6, 6.07) is 6.74. The summed E-state index contributed by atoms with van der Waals surface area (Å²) in [5.41, 5.74) is 3.18. The van der Waals surface area contributed by atoms with E-state index in [0.717, 1.165) is 10.9 Å². The Labute approximate surface area is 127 Å². The minimum atomic E-state index is 0.319. The lowest BCUT2D eigenvalue weighted by atomic mass is 10.0. The fourth-order valence-electron chi connectivity index (χ4n) is 1.69. The van der Waals surface area contributed by atoms with Crippen molar-refractivity contribution >= 4 is 49.9 Å². The van der Waals surface area contributed by atoms with Crippen LogP contribution in [0.25, 0.3) is 0 Å². The van der Waals surface area contributed by atoms with E-state index in [2.05, 4.69) is 67.0 Å². The lowest BCUT2D eigenvalue weighted by molar-refractivity contribution is 0.593. The molecule has 0 radical (unpaired) electrons. The molecule has 0 fully saturated rings. The van der Waals surface area contributed by atoms with Crippen molar-refractivity contribution in [1.82, 2.24) is 10.3 Å². The number of likely N-dealkylation sites (N-methyl/N-ethyl adjacent to an activating group) is 1. The van der Waals surface area contributed by atoms with Gasteiger partial charge in [-0.25, -0.2) is 0 Å². The quantitative estimate of drug-likeness (QED) is 0.753. The van der Waals surface area contributed by atoms with Crippen LogP contribution in [0.4, 0.5) is 0 Å². The van der Waals surface area contributed by atoms with Crippen LogP contribution in [0.3, 0.4) is 0 Å². The van der Waals surface area contributed by atoms with Gasteiger partial charge in [0.1, 0.15) is 0 Å². The van der Waals surface area contributed by atoms with Gasteiger partial charge < -0.3 is 5.32 Å². The van der Waals surface area contributed by atoms with Crippen LogP contribution in [0, 0.1) is 3.57 Å². The number of aromatic nitrogens is 1. The first-order chi connectivity index (χ1) is 8.20. The van der Waals surface area contributed by atoms with E-state index in [1.165, 1.54) is 14.0 Å². The summed E-state index contributed by atoms with van der Waals surface area (Å²) in [7, 11) is 2.00. The van der Waals surface area contributed by atoms with Gasteiger partial charge in [-0.1, -0.05) is 15.9 Å². The first kappa shape index (κ1) is 13.5. The second kappa shape index (κ2) is 6.26. The van der Waals surface area contributed by atoms with Gasteiger partial charge in [0.2, 0.25) is 0 Å². The van der Waals surface area contributed by atoms with Crippen molar-refractivity contribution < 1.29 is 0 Å². The van der Waals surface area contributed by atoms with Gasteiger partial charge in [0.15, 0.2) is 0 Å². The maximum atomic E-state index is 4.12. The highest BCUT2D eigenvalue weighted by molar-refractivity contribution is 14.1. The molecule has 2 aromatic rings. The van der Waals surface area contributed by atoms with Crippen LogP contribution < -0.4 is 5.32 Å². The van der Waals surface area contributed by atoms with Crippen molar-refractivity contribution in [1.29, 1.82) is 0 Å². The van der Waals surface area contributed by atoms with Gasteiger partial charge in [-0.3, -0.25) is 4.98 Å². The minimum Gasteiger partial charge on any atom is -0.313 e. The highest BCUT2D eigenvalue weighted by atomic mass is 127. The topological polar surface area (TPSA) is 24.9 Å². The van der Waals surface area contributed by atoms with E-state index < -0.39 is 0 Å². The summed E-state index contributed by atoms with van der Waals surface area (Å²) in [4.78, 5) is 5.42. The zero-order chi connectivity index (χ0) is 12.3. The average molecular weight is 423 g/mol. The standard InChI is InChI=1S/C12H12BrIN2S/c1-15-12(5-9-6-16-7-17-9)10-4-8(14)2-3-11(10)13/h2-4,6-7,12,15H,5H2,1H3. The van der Waals surface area contributed by atoms with Gasteiger partial charge in [0.25, 0.3) is 0 Å². The number of nitrogens with one attached hydrogen (secondary N) is 1. The second-order valence-electron chi connectivity index (χ2n) is 3.68. The molecule has 0 saturated carbocycles. The second-order valence-corrected chi connectivity index (χ2v) is 6.75. The third-order valence-corrected chi connectivity index (χ3v) is 4.77. The summed E-state index contributed by atoms with van der Waals surface area (Å²) in [5.74, 6) is 0. The molecule has 0 aliphatic carbocycles. The Morgan fingerprint density at radius 2 is 2.35 bits per heavy atom. The van der Waals surface area contributed by atoms with Crippen LogP contribution in [-0.4, -0.2) is 12.0 Å². The minimum absolute atomic E-state index is 0.319. The molecule has 2 nitrogen and oxygen atoms in total. The highest BCUT2D eigenvalue weighted by Crippen LogP contribution is 2.28. The summed E-state index contributed by atoms with van der Waals surface area (Å²) in [6.07, 6.45) is 2.91. The Kier molecular flexibility index (Phi) is 4.96. The van der Waals surface area contributed by atoms with E-state index in [0.29, 0.717) is 6.04 Å². The summed E-state index contributed by atoms with van der Waals surface area (Å²) < 4.78 is 2.41. The molecule has 0 saturated heterocycles. The largest absolute Gasteiger partial charge is 0.313 e. The number of benzene rings is 1. The first-order valence-electron chi connectivity index (χ1n) is 5.20. The fraction of sp³-hybridized carbons (Fsp3) is 0.250. The van der Waals surface area contributed by atoms with E-state index in [9.17, 15) is 0 Å². The Morgan fingerprint density at radius 3 is 3.00 bits per heavy atom. The zero-order valence-corrected chi connectivity index (χ0v) is 13.8. The lowest BCUT2D eigenvalue weighted by Crippen LogP contribution is -2.19. The van der Waals surface area contributed by atoms with Crippen LogP contribution in [-0.2, 0) is 6.42 Å². The SMILES string of the molecule is CNC(Cc1cncs1)c1cc(I)ccc1Br. The van der Waals surface area contributed by atoms with Crippen LogP contribution in [0.2, 0.25) is 0 Å². The number of hydrogen-bond acceptors (Lipinski definition) is 3. The predicted octanol–water partition coefficient (Wildman–Crippen LogP) is 4.01. The Balaban J connectivity index is 2.25. The maximum Gasteiger partial charge on any atom is 0.0794 e. The third-order valence-electron chi connectivity index (χ3n) is 2.57. The Hall–Kier alpha value is 0.0200. The van der Waals surface area contributed by atoms with Gasteiger partial charge >= 0.3 is 0 Å². The van der Waals surface area contributed by atoms with Crippen LogP contribution in [0.15, 0.2) is 34.4 Å². The van der Waals surface area contributed by atoms with Gasteiger partial charge in [0, 0.05) is 31.6 Å². The van der Waals surface area contributed by atoms with E-state index in [1.54, 1.807) is 11.3 Å². The molecule has 1 N–H and O–H groups in total. The van der Waals surface area contributed by atoms with Gasteiger partial charge in [-0.2, -0.15) is 0 Å². The van der Waals surface area contributed by atoms with Crippen LogP contribution in [0.5, 0.6) is 0 Å². The summed E-state index contributed by atoms with van der Waals surface area (Å²) in [5, 5.41) is 3.37. The number of halogens is 2. The van der Waals surface area contributed by atoms with Crippen molar-refractivity contribution in [2.45, 2.75) is 12.5 Å². The van der Waals surface area contributed by atoms with E-state index in [4.69, 9.17) is 0 Å². The fourth-order valence-corrected chi connectivity index (χ4v) is 3.37. The van der Waals surface area contributed by atoms with Crippen molar-refractivity contribution in [2.75, 3.05) is 7.05 Å². The monoisotopic (exact) mass is 422 g/mol. The predicted molar refractivity (Wildman–Crippen MR) is 84.5 cm³/mol. The molecular weight excluding hydrogens is 411 g/mol. The molecule has 1 heterocycles. The molecule has 0 bridgehead atoms. The molecule has 17 heavy (non-hydrogen) atoms. The molecule has 1 aromatic carbocycles. The first-order valence-corrected chi connectivity index (χ1v) is 7.95. The smallest absolute Gasteiger partial charge is 0.0794 e. The molecule has 1 atom stereocenters. The van der Waals surface area contributed by atoms with E-state index in [1.807, 2.05) is 18.8 Å². The van der Waals surface area contributed by atoms with E-state index >= 15 is 0 Å². The number of rotatable bonds is 4. The van der Waals surface area contributed by atoms with Crippen molar-refractivity contribution in [3.05, 3.63) is 48.4 Å². The molecule has 0 spiro atoms. The number of hydrogen-bond donors (Lipinski definition) is 1. The Bertz CT molecular complexity index is 487. The average Bonchev–Trinajstić information content (AvgIpc) is 2.82. The molecular formula is C12H12BrIN2S. The maximum absolute atomic E-state index is 4.12. The van der Waals surface area contributed by atoms with Crippen LogP contribution in [0.1, 0.15) is 16.5 Å². The number of nitrogens with zero attached hydrogens (tertiary/aromatic N) is 1. The summed E-state index contributed by atoms with van der Waals surface area (Å²) in [6.45, 7) is 0.